The first-order chi connectivity index (χ1) is 10.6. The number of hydrogen-bond acceptors (Lipinski definition) is 3. The summed E-state index contributed by atoms with van der Waals surface area (Å²) >= 11 is 0. The van der Waals surface area contributed by atoms with Gasteiger partial charge in [0.2, 0.25) is 5.91 Å². The van der Waals surface area contributed by atoms with E-state index in [2.05, 4.69) is 25.2 Å². The van der Waals surface area contributed by atoms with Crippen LogP contribution in [-0.2, 0) is 16.0 Å². The highest BCUT2D eigenvalue weighted by Crippen LogP contribution is 2.22. The zero-order chi connectivity index (χ0) is 15.9. The normalized spacial score (nSPS) is 19.7. The summed E-state index contributed by atoms with van der Waals surface area (Å²) in [6, 6.07) is 8.09. The molecule has 1 aromatic carbocycles. The van der Waals surface area contributed by atoms with E-state index < -0.39 is 0 Å². The van der Waals surface area contributed by atoms with Crippen LogP contribution in [0.15, 0.2) is 24.3 Å². The molecule has 1 aromatic rings. The molecule has 1 saturated heterocycles. The van der Waals surface area contributed by atoms with Crippen molar-refractivity contribution in [1.82, 2.24) is 5.32 Å². The zero-order valence-corrected chi connectivity index (χ0v) is 13.8. The van der Waals surface area contributed by atoms with Crippen LogP contribution in [-0.4, -0.2) is 32.3 Å². The molecule has 1 amide bonds. The van der Waals surface area contributed by atoms with E-state index >= 15 is 0 Å². The molecule has 0 saturated carbocycles. The molecule has 0 aliphatic carbocycles. The Labute approximate surface area is 133 Å². The van der Waals surface area contributed by atoms with Gasteiger partial charge in [0.1, 0.15) is 5.75 Å². The van der Waals surface area contributed by atoms with Crippen LogP contribution in [0.5, 0.6) is 5.75 Å². The molecule has 0 spiro atoms. The molecule has 0 radical (unpaired) electrons. The molecular weight excluding hydrogens is 278 g/mol. The fourth-order valence-corrected chi connectivity index (χ4v) is 2.81. The Kier molecular flexibility index (Phi) is 6.25. The van der Waals surface area contributed by atoms with Crippen molar-refractivity contribution in [3.8, 4) is 5.75 Å². The predicted octanol–water partition coefficient (Wildman–Crippen LogP) is 2.81. The summed E-state index contributed by atoms with van der Waals surface area (Å²) in [6.45, 7) is 5.60. The van der Waals surface area contributed by atoms with Crippen molar-refractivity contribution in [3.63, 3.8) is 0 Å². The van der Waals surface area contributed by atoms with Crippen molar-refractivity contribution >= 4 is 5.91 Å². The van der Waals surface area contributed by atoms with E-state index in [0.717, 1.165) is 37.2 Å². The first-order valence-electron chi connectivity index (χ1n) is 8.11. The van der Waals surface area contributed by atoms with Crippen molar-refractivity contribution < 1.29 is 14.3 Å². The summed E-state index contributed by atoms with van der Waals surface area (Å²) < 4.78 is 10.8. The third-order valence-corrected chi connectivity index (χ3v) is 4.30. The second kappa shape index (κ2) is 8.18. The maximum absolute atomic E-state index is 12.4. The number of carbonyl (C=O) groups is 1. The fourth-order valence-electron chi connectivity index (χ4n) is 2.81. The monoisotopic (exact) mass is 305 g/mol. The lowest BCUT2D eigenvalue weighted by Gasteiger charge is -2.27. The molecule has 1 fully saturated rings. The van der Waals surface area contributed by atoms with Crippen molar-refractivity contribution in [2.75, 3.05) is 20.3 Å². The van der Waals surface area contributed by atoms with Crippen LogP contribution in [0.4, 0.5) is 0 Å². The molecule has 4 nitrogen and oxygen atoms in total. The molecule has 4 heteroatoms. The lowest BCUT2D eigenvalue weighted by Crippen LogP contribution is -2.45. The summed E-state index contributed by atoms with van der Waals surface area (Å²) in [5.74, 6) is 1.35. The van der Waals surface area contributed by atoms with Crippen molar-refractivity contribution in [1.29, 1.82) is 0 Å². The van der Waals surface area contributed by atoms with Gasteiger partial charge in [0.05, 0.1) is 19.6 Å². The average Bonchev–Trinajstić information content (AvgIpc) is 2.55. The fraction of sp³-hybridized carbons (Fsp3) is 0.611. The maximum Gasteiger partial charge on any atom is 0.225 e. The van der Waals surface area contributed by atoms with Gasteiger partial charge in [0.25, 0.3) is 0 Å². The molecular formula is C18H27NO3. The summed E-state index contributed by atoms with van der Waals surface area (Å²) in [4.78, 5) is 12.4. The zero-order valence-electron chi connectivity index (χ0n) is 13.8. The largest absolute Gasteiger partial charge is 0.496 e. The molecule has 0 unspecified atom stereocenters. The number of rotatable bonds is 6. The Morgan fingerprint density at radius 1 is 1.41 bits per heavy atom. The Hall–Kier alpha value is -1.55. The van der Waals surface area contributed by atoms with Gasteiger partial charge >= 0.3 is 0 Å². The van der Waals surface area contributed by atoms with E-state index in [1.54, 1.807) is 7.11 Å². The third kappa shape index (κ3) is 4.47. The van der Waals surface area contributed by atoms with Gasteiger partial charge in [-0.3, -0.25) is 4.79 Å². The number of amides is 1. The minimum atomic E-state index is -0.00679. The lowest BCUT2D eigenvalue weighted by molar-refractivity contribution is -0.130. The van der Waals surface area contributed by atoms with Gasteiger partial charge in [-0.2, -0.15) is 0 Å². The Bertz CT molecular complexity index is 481. The summed E-state index contributed by atoms with van der Waals surface area (Å²) in [7, 11) is 1.68. The second-order valence-corrected chi connectivity index (χ2v) is 6.29. The third-order valence-electron chi connectivity index (χ3n) is 4.30. The summed E-state index contributed by atoms with van der Waals surface area (Å²) in [6.07, 6.45) is 2.67. The number of para-hydroxylation sites is 1. The maximum atomic E-state index is 12.4. The first kappa shape index (κ1) is 16.8. The minimum absolute atomic E-state index is 0.00679. The highest BCUT2D eigenvalue weighted by Gasteiger charge is 2.25. The molecule has 1 heterocycles. The van der Waals surface area contributed by atoms with Crippen LogP contribution in [0.3, 0.4) is 0 Å². The van der Waals surface area contributed by atoms with E-state index in [1.807, 2.05) is 18.2 Å². The van der Waals surface area contributed by atoms with Gasteiger partial charge in [0.15, 0.2) is 0 Å². The van der Waals surface area contributed by atoms with Gasteiger partial charge < -0.3 is 14.8 Å². The topological polar surface area (TPSA) is 47.6 Å². The molecule has 0 aromatic heterocycles. The van der Waals surface area contributed by atoms with Gasteiger partial charge in [-0.05, 0) is 36.8 Å². The van der Waals surface area contributed by atoms with E-state index in [9.17, 15) is 4.79 Å². The predicted molar refractivity (Wildman–Crippen MR) is 87.0 cm³/mol. The lowest BCUT2D eigenvalue weighted by atomic mass is 9.94. The molecule has 2 rings (SSSR count). The number of methoxy groups -OCH3 is 1. The van der Waals surface area contributed by atoms with Crippen LogP contribution in [0.2, 0.25) is 0 Å². The van der Waals surface area contributed by atoms with Crippen LogP contribution in [0.1, 0.15) is 32.3 Å². The second-order valence-electron chi connectivity index (χ2n) is 6.29. The average molecular weight is 305 g/mol. The van der Waals surface area contributed by atoms with E-state index in [0.29, 0.717) is 12.5 Å². The minimum Gasteiger partial charge on any atom is -0.496 e. The quantitative estimate of drug-likeness (QED) is 0.879. The Balaban J connectivity index is 2.01. The van der Waals surface area contributed by atoms with Crippen LogP contribution >= 0.6 is 0 Å². The molecule has 1 aliphatic heterocycles. The highest BCUT2D eigenvalue weighted by atomic mass is 16.5. The van der Waals surface area contributed by atoms with Gasteiger partial charge in [-0.1, -0.05) is 32.0 Å². The SMILES string of the molecule is COc1ccccc1C[C@@H](NC(=O)[C@@H]1CCCOC1)C(C)C. The molecule has 2 atom stereocenters. The van der Waals surface area contributed by atoms with Crippen LogP contribution < -0.4 is 10.1 Å². The number of carbonyl (C=O) groups excluding carboxylic acids is 1. The molecule has 1 N–H and O–H groups in total. The van der Waals surface area contributed by atoms with Crippen LogP contribution in [0, 0.1) is 11.8 Å². The number of benzene rings is 1. The van der Waals surface area contributed by atoms with E-state index in [1.165, 1.54) is 0 Å². The molecule has 1 aliphatic rings. The number of ether oxygens (including phenoxy) is 2. The van der Waals surface area contributed by atoms with Gasteiger partial charge in [-0.15, -0.1) is 0 Å². The Morgan fingerprint density at radius 3 is 2.82 bits per heavy atom. The summed E-state index contributed by atoms with van der Waals surface area (Å²) in [5.41, 5.74) is 1.13. The number of hydrogen-bond donors (Lipinski definition) is 1. The smallest absolute Gasteiger partial charge is 0.225 e. The van der Waals surface area contributed by atoms with E-state index in [4.69, 9.17) is 9.47 Å². The van der Waals surface area contributed by atoms with Crippen molar-refractivity contribution in [2.45, 2.75) is 39.2 Å². The standard InChI is InChI=1S/C18H27NO3/c1-13(2)16(11-14-7-4-5-9-17(14)21-3)19-18(20)15-8-6-10-22-12-15/h4-5,7,9,13,15-16H,6,8,10-12H2,1-3H3,(H,19,20)/t15-,16-/m1/s1. The summed E-state index contributed by atoms with van der Waals surface area (Å²) in [5, 5.41) is 3.21. The first-order valence-corrected chi connectivity index (χ1v) is 8.11. The van der Waals surface area contributed by atoms with Gasteiger partial charge in [-0.25, -0.2) is 0 Å². The van der Waals surface area contributed by atoms with E-state index in [-0.39, 0.29) is 17.9 Å². The molecule has 122 valence electrons. The van der Waals surface area contributed by atoms with Crippen molar-refractivity contribution in [3.05, 3.63) is 29.8 Å². The van der Waals surface area contributed by atoms with Gasteiger partial charge in [0, 0.05) is 12.6 Å². The molecule has 0 bridgehead atoms. The number of nitrogens with one attached hydrogen (secondary N) is 1. The Morgan fingerprint density at radius 2 is 2.18 bits per heavy atom. The molecule has 22 heavy (non-hydrogen) atoms. The van der Waals surface area contributed by atoms with Crippen LogP contribution in [0.25, 0.3) is 0 Å². The highest BCUT2D eigenvalue weighted by molar-refractivity contribution is 5.79. The van der Waals surface area contributed by atoms with Crippen molar-refractivity contribution in [2.24, 2.45) is 11.8 Å².